The van der Waals surface area contributed by atoms with Crippen LogP contribution in [0.5, 0.6) is 0 Å². The lowest BCUT2D eigenvalue weighted by Crippen LogP contribution is -2.38. The second-order valence-electron chi connectivity index (χ2n) is 5.54. The number of aromatic nitrogens is 3. The predicted molar refractivity (Wildman–Crippen MR) is 81.0 cm³/mol. The normalized spacial score (nSPS) is 15.2. The summed E-state index contributed by atoms with van der Waals surface area (Å²) in [5, 5.41) is 21.1. The molecule has 0 spiro atoms. The number of carbonyl (C=O) groups excluding carboxylic acids is 1. The molecule has 1 aliphatic rings. The molecule has 120 valence electrons. The lowest BCUT2D eigenvalue weighted by atomic mass is 10.2. The molecule has 0 bridgehead atoms. The Morgan fingerprint density at radius 2 is 2.30 bits per heavy atom. The van der Waals surface area contributed by atoms with Crippen LogP contribution >= 0.6 is 0 Å². The number of non-ortho nitro benzene ring substituents is 1. The topological polar surface area (TPSA) is 129 Å². The summed E-state index contributed by atoms with van der Waals surface area (Å²) < 4.78 is 1.32. The summed E-state index contributed by atoms with van der Waals surface area (Å²) >= 11 is 0. The van der Waals surface area contributed by atoms with E-state index >= 15 is 0 Å². The van der Waals surface area contributed by atoms with Gasteiger partial charge in [-0.1, -0.05) is 11.3 Å². The molecule has 0 radical (unpaired) electrons. The number of nitro benzene ring substituents is 1. The highest BCUT2D eigenvalue weighted by Gasteiger charge is 2.28. The number of nitro groups is 1. The Hall–Kier alpha value is -2.81. The molecule has 2 aromatic rings. The number of hydrogen-bond donors (Lipinski definition) is 2. The maximum Gasteiger partial charge on any atom is 0.273 e. The average molecular weight is 316 g/mol. The Balaban J connectivity index is 1.68. The SMILES string of the molecule is NC(CNC(=O)c1cn(-c2cccc([N+](=O)[O-])c2)nn1)C1CC1. The minimum atomic E-state index is -0.493. The van der Waals surface area contributed by atoms with Gasteiger partial charge < -0.3 is 11.1 Å². The third kappa shape index (κ3) is 3.51. The number of amides is 1. The molecule has 1 unspecified atom stereocenters. The van der Waals surface area contributed by atoms with Gasteiger partial charge in [-0.3, -0.25) is 14.9 Å². The van der Waals surface area contributed by atoms with Crippen molar-refractivity contribution in [3.05, 3.63) is 46.3 Å². The highest BCUT2D eigenvalue weighted by molar-refractivity contribution is 5.91. The Bertz CT molecular complexity index is 740. The Labute approximate surface area is 131 Å². The molecule has 1 fully saturated rings. The van der Waals surface area contributed by atoms with Crippen molar-refractivity contribution >= 4 is 11.6 Å². The third-order valence-electron chi connectivity index (χ3n) is 3.76. The van der Waals surface area contributed by atoms with E-state index in [0.717, 1.165) is 12.8 Å². The first-order valence-corrected chi connectivity index (χ1v) is 7.25. The molecule has 1 saturated carbocycles. The molecule has 1 heterocycles. The van der Waals surface area contributed by atoms with Gasteiger partial charge in [-0.15, -0.1) is 5.10 Å². The molecule has 0 saturated heterocycles. The summed E-state index contributed by atoms with van der Waals surface area (Å²) in [6.07, 6.45) is 3.65. The van der Waals surface area contributed by atoms with E-state index in [1.807, 2.05) is 0 Å². The molecule has 1 atom stereocenters. The molecule has 3 rings (SSSR count). The number of benzene rings is 1. The summed E-state index contributed by atoms with van der Waals surface area (Å²) in [6.45, 7) is 0.396. The van der Waals surface area contributed by atoms with Crippen LogP contribution in [-0.2, 0) is 0 Å². The molecular weight excluding hydrogens is 300 g/mol. The minimum absolute atomic E-state index is 0.0363. The predicted octanol–water partition coefficient (Wildman–Crippen LogP) is 0.643. The van der Waals surface area contributed by atoms with Gasteiger partial charge in [0.25, 0.3) is 11.6 Å². The van der Waals surface area contributed by atoms with Gasteiger partial charge in [0, 0.05) is 24.7 Å². The molecule has 1 aromatic carbocycles. The Kier molecular flexibility index (Phi) is 4.02. The van der Waals surface area contributed by atoms with Crippen LogP contribution in [0.1, 0.15) is 23.3 Å². The monoisotopic (exact) mass is 316 g/mol. The molecular formula is C14H16N6O3. The third-order valence-corrected chi connectivity index (χ3v) is 3.76. The van der Waals surface area contributed by atoms with Crippen LogP contribution in [0.2, 0.25) is 0 Å². The van der Waals surface area contributed by atoms with Crippen molar-refractivity contribution in [2.45, 2.75) is 18.9 Å². The molecule has 23 heavy (non-hydrogen) atoms. The van der Waals surface area contributed by atoms with Gasteiger partial charge in [0.05, 0.1) is 16.8 Å². The lowest BCUT2D eigenvalue weighted by molar-refractivity contribution is -0.384. The van der Waals surface area contributed by atoms with Crippen LogP contribution in [0.25, 0.3) is 5.69 Å². The summed E-state index contributed by atoms with van der Waals surface area (Å²) in [6, 6.07) is 5.90. The van der Waals surface area contributed by atoms with Crippen LogP contribution < -0.4 is 11.1 Å². The number of nitrogens with zero attached hydrogens (tertiary/aromatic N) is 4. The zero-order valence-corrected chi connectivity index (χ0v) is 12.3. The fourth-order valence-electron chi connectivity index (χ4n) is 2.24. The summed E-state index contributed by atoms with van der Waals surface area (Å²) in [5.74, 6) is 0.133. The molecule has 1 aromatic heterocycles. The van der Waals surface area contributed by atoms with E-state index in [2.05, 4.69) is 15.6 Å². The van der Waals surface area contributed by atoms with Crippen molar-refractivity contribution in [2.24, 2.45) is 11.7 Å². The van der Waals surface area contributed by atoms with Crippen molar-refractivity contribution in [3.8, 4) is 5.69 Å². The van der Waals surface area contributed by atoms with Crippen molar-refractivity contribution in [2.75, 3.05) is 6.54 Å². The van der Waals surface area contributed by atoms with Gasteiger partial charge in [0.2, 0.25) is 0 Å². The van der Waals surface area contributed by atoms with Crippen LogP contribution in [0, 0.1) is 16.0 Å². The lowest BCUT2D eigenvalue weighted by Gasteiger charge is -2.10. The fourth-order valence-corrected chi connectivity index (χ4v) is 2.24. The van der Waals surface area contributed by atoms with Crippen molar-refractivity contribution in [1.29, 1.82) is 0 Å². The number of nitrogens with one attached hydrogen (secondary N) is 1. The Morgan fingerprint density at radius 1 is 1.52 bits per heavy atom. The number of rotatable bonds is 6. The van der Waals surface area contributed by atoms with Gasteiger partial charge >= 0.3 is 0 Å². The van der Waals surface area contributed by atoms with Crippen molar-refractivity contribution < 1.29 is 9.72 Å². The first-order chi connectivity index (χ1) is 11.0. The zero-order chi connectivity index (χ0) is 16.4. The average Bonchev–Trinajstić information content (AvgIpc) is 3.29. The first kappa shape index (κ1) is 15.1. The van der Waals surface area contributed by atoms with Gasteiger partial charge in [-0.05, 0) is 24.8 Å². The van der Waals surface area contributed by atoms with E-state index in [0.29, 0.717) is 18.2 Å². The van der Waals surface area contributed by atoms with E-state index in [4.69, 9.17) is 5.73 Å². The standard InChI is InChI=1S/C14H16N6O3/c15-12(9-4-5-9)7-16-14(21)13-8-19(18-17-13)10-2-1-3-11(6-10)20(22)23/h1-3,6,8-9,12H,4-5,7,15H2,(H,16,21). The summed E-state index contributed by atoms with van der Waals surface area (Å²) in [4.78, 5) is 22.3. The smallest absolute Gasteiger partial charge is 0.273 e. The van der Waals surface area contributed by atoms with E-state index in [-0.39, 0.29) is 23.3 Å². The first-order valence-electron chi connectivity index (χ1n) is 7.25. The number of carbonyl (C=O) groups is 1. The number of hydrogen-bond acceptors (Lipinski definition) is 6. The Morgan fingerprint density at radius 3 is 3.00 bits per heavy atom. The maximum absolute atomic E-state index is 12.0. The second-order valence-corrected chi connectivity index (χ2v) is 5.54. The van der Waals surface area contributed by atoms with E-state index in [1.165, 1.54) is 23.0 Å². The van der Waals surface area contributed by atoms with Crippen LogP contribution in [0.15, 0.2) is 30.5 Å². The molecule has 3 N–H and O–H groups in total. The van der Waals surface area contributed by atoms with Gasteiger partial charge in [0.15, 0.2) is 5.69 Å². The molecule has 9 nitrogen and oxygen atoms in total. The van der Waals surface area contributed by atoms with Crippen LogP contribution in [0.4, 0.5) is 5.69 Å². The molecule has 1 amide bonds. The van der Waals surface area contributed by atoms with Crippen molar-refractivity contribution in [3.63, 3.8) is 0 Å². The minimum Gasteiger partial charge on any atom is -0.349 e. The van der Waals surface area contributed by atoms with E-state index in [9.17, 15) is 14.9 Å². The maximum atomic E-state index is 12.0. The second kappa shape index (κ2) is 6.13. The summed E-state index contributed by atoms with van der Waals surface area (Å²) in [7, 11) is 0. The quantitative estimate of drug-likeness (QED) is 0.594. The van der Waals surface area contributed by atoms with Gasteiger partial charge in [0.1, 0.15) is 0 Å². The van der Waals surface area contributed by atoms with Crippen LogP contribution in [-0.4, -0.2) is 38.4 Å². The van der Waals surface area contributed by atoms with Crippen LogP contribution in [0.3, 0.4) is 0 Å². The highest BCUT2D eigenvalue weighted by Crippen LogP contribution is 2.31. The summed E-state index contributed by atoms with van der Waals surface area (Å²) in [5.41, 5.74) is 6.47. The molecule has 9 heteroatoms. The molecule has 1 aliphatic carbocycles. The molecule has 0 aliphatic heterocycles. The van der Waals surface area contributed by atoms with E-state index < -0.39 is 4.92 Å². The highest BCUT2D eigenvalue weighted by atomic mass is 16.6. The number of nitrogens with two attached hydrogens (primary N) is 1. The largest absolute Gasteiger partial charge is 0.349 e. The van der Waals surface area contributed by atoms with Crippen molar-refractivity contribution in [1.82, 2.24) is 20.3 Å². The zero-order valence-electron chi connectivity index (χ0n) is 12.3. The van der Waals surface area contributed by atoms with Gasteiger partial charge in [-0.25, -0.2) is 4.68 Å². The van der Waals surface area contributed by atoms with Gasteiger partial charge in [-0.2, -0.15) is 0 Å². The fraction of sp³-hybridized carbons (Fsp3) is 0.357. The van der Waals surface area contributed by atoms with E-state index in [1.54, 1.807) is 12.1 Å².